The molecule has 0 aromatic heterocycles. The van der Waals surface area contributed by atoms with Crippen molar-refractivity contribution in [1.29, 1.82) is 5.26 Å². The smallest absolute Gasteiger partial charge is 0.103 e. The van der Waals surface area contributed by atoms with E-state index in [0.29, 0.717) is 0 Å². The summed E-state index contributed by atoms with van der Waals surface area (Å²) in [5.41, 5.74) is 6.57. The molecule has 0 radical (unpaired) electrons. The first-order valence-electron chi connectivity index (χ1n) is 7.17. The molecule has 1 aliphatic heterocycles. The van der Waals surface area contributed by atoms with Crippen molar-refractivity contribution in [2.24, 2.45) is 0 Å². The molecule has 3 nitrogen and oxygen atoms in total. The monoisotopic (exact) mass is 277 g/mol. The van der Waals surface area contributed by atoms with Gasteiger partial charge < -0.3 is 9.80 Å². The third-order valence-corrected chi connectivity index (χ3v) is 4.31. The van der Waals surface area contributed by atoms with Crippen molar-refractivity contribution in [3.8, 4) is 6.07 Å². The molecule has 0 N–H and O–H groups in total. The highest BCUT2D eigenvalue weighted by Gasteiger charge is 2.33. The van der Waals surface area contributed by atoms with Gasteiger partial charge >= 0.3 is 0 Å². The van der Waals surface area contributed by atoms with Gasteiger partial charge in [0.1, 0.15) is 12.2 Å². The highest BCUT2D eigenvalue weighted by Crippen LogP contribution is 2.45. The Morgan fingerprint density at radius 2 is 1.86 bits per heavy atom. The number of hydrogen-bond donors (Lipinski definition) is 0. The van der Waals surface area contributed by atoms with E-state index in [4.69, 9.17) is 0 Å². The molecule has 3 rings (SSSR count). The Labute approximate surface area is 126 Å². The van der Waals surface area contributed by atoms with E-state index in [0.717, 1.165) is 16.9 Å². The van der Waals surface area contributed by atoms with Gasteiger partial charge in [0.25, 0.3) is 0 Å². The topological polar surface area (TPSA) is 30.3 Å². The fourth-order valence-corrected chi connectivity index (χ4v) is 3.06. The van der Waals surface area contributed by atoms with Crippen LogP contribution in [0.1, 0.15) is 23.6 Å². The largest absolute Gasteiger partial charge is 0.351 e. The predicted octanol–water partition coefficient (Wildman–Crippen LogP) is 4.11. The highest BCUT2D eigenvalue weighted by atomic mass is 15.4. The standard InChI is InChI=1S/C18H19N3/c1-12-8-9-13(2)17(10-12)21-14(3)20(4)18-15(11-19)6-5-7-16(18)21/h5-10,14H,1-4H3/t14-/m0/s1. The number of fused-ring (bicyclic) bond motifs is 1. The number of rotatable bonds is 1. The average Bonchev–Trinajstić information content (AvgIpc) is 2.74. The first-order chi connectivity index (χ1) is 10.0. The summed E-state index contributed by atoms with van der Waals surface area (Å²) in [6.07, 6.45) is 0.190. The van der Waals surface area contributed by atoms with Gasteiger partial charge in [-0.3, -0.25) is 0 Å². The van der Waals surface area contributed by atoms with Gasteiger partial charge in [0.2, 0.25) is 0 Å². The van der Waals surface area contributed by atoms with E-state index in [9.17, 15) is 5.26 Å². The van der Waals surface area contributed by atoms with Crippen LogP contribution in [0.5, 0.6) is 0 Å². The lowest BCUT2D eigenvalue weighted by molar-refractivity contribution is 0.732. The highest BCUT2D eigenvalue weighted by molar-refractivity contribution is 5.87. The molecule has 0 saturated carbocycles. The molecule has 106 valence electrons. The summed E-state index contributed by atoms with van der Waals surface area (Å²) in [6, 6.07) is 14.8. The van der Waals surface area contributed by atoms with E-state index in [1.807, 2.05) is 12.1 Å². The minimum atomic E-state index is 0.190. The van der Waals surface area contributed by atoms with E-state index in [-0.39, 0.29) is 6.17 Å². The summed E-state index contributed by atoms with van der Waals surface area (Å²) in [5.74, 6) is 0. The molecule has 0 unspecified atom stereocenters. The number of para-hydroxylation sites is 1. The van der Waals surface area contributed by atoms with Gasteiger partial charge in [-0.15, -0.1) is 0 Å². The van der Waals surface area contributed by atoms with Crippen LogP contribution in [-0.2, 0) is 0 Å². The Balaban J connectivity index is 2.23. The maximum absolute atomic E-state index is 9.37. The summed E-state index contributed by atoms with van der Waals surface area (Å²) in [4.78, 5) is 4.49. The molecular formula is C18H19N3. The molecule has 2 aromatic rings. The third kappa shape index (κ3) is 1.95. The predicted molar refractivity (Wildman–Crippen MR) is 87.1 cm³/mol. The zero-order valence-corrected chi connectivity index (χ0v) is 12.9. The lowest BCUT2D eigenvalue weighted by Crippen LogP contribution is -2.36. The Hall–Kier alpha value is -2.47. The zero-order valence-electron chi connectivity index (χ0n) is 12.9. The van der Waals surface area contributed by atoms with E-state index >= 15 is 0 Å². The molecule has 0 fully saturated rings. The van der Waals surface area contributed by atoms with Crippen molar-refractivity contribution in [3.05, 3.63) is 53.1 Å². The SMILES string of the molecule is Cc1ccc(C)c(N2c3cccc(C#N)c3N(C)[C@@H]2C)c1. The molecule has 0 aliphatic carbocycles. The summed E-state index contributed by atoms with van der Waals surface area (Å²) < 4.78 is 0. The molecule has 2 aromatic carbocycles. The van der Waals surface area contributed by atoms with Crippen LogP contribution in [0.25, 0.3) is 0 Å². The summed E-state index contributed by atoms with van der Waals surface area (Å²) in [5, 5.41) is 9.37. The van der Waals surface area contributed by atoms with Gasteiger partial charge in [0, 0.05) is 12.7 Å². The second-order valence-corrected chi connectivity index (χ2v) is 5.69. The second-order valence-electron chi connectivity index (χ2n) is 5.69. The molecule has 0 amide bonds. The lowest BCUT2D eigenvalue weighted by Gasteiger charge is -2.29. The maximum Gasteiger partial charge on any atom is 0.103 e. The fraction of sp³-hybridized carbons (Fsp3) is 0.278. The Morgan fingerprint density at radius 3 is 2.57 bits per heavy atom. The molecule has 0 saturated heterocycles. The van der Waals surface area contributed by atoms with Crippen LogP contribution in [0.15, 0.2) is 36.4 Å². The Bertz CT molecular complexity index is 743. The van der Waals surface area contributed by atoms with Crippen molar-refractivity contribution in [2.45, 2.75) is 26.9 Å². The van der Waals surface area contributed by atoms with Crippen molar-refractivity contribution in [1.82, 2.24) is 0 Å². The maximum atomic E-state index is 9.37. The van der Waals surface area contributed by atoms with Crippen LogP contribution < -0.4 is 9.80 Å². The summed E-state index contributed by atoms with van der Waals surface area (Å²) in [7, 11) is 2.05. The van der Waals surface area contributed by atoms with Crippen LogP contribution in [-0.4, -0.2) is 13.2 Å². The van der Waals surface area contributed by atoms with Gasteiger partial charge in [-0.1, -0.05) is 18.2 Å². The van der Waals surface area contributed by atoms with Crippen molar-refractivity contribution in [3.63, 3.8) is 0 Å². The van der Waals surface area contributed by atoms with E-state index in [1.54, 1.807) is 0 Å². The Morgan fingerprint density at radius 1 is 1.10 bits per heavy atom. The van der Waals surface area contributed by atoms with Crippen LogP contribution in [0.3, 0.4) is 0 Å². The number of aryl methyl sites for hydroxylation is 2. The number of hydrogen-bond acceptors (Lipinski definition) is 3. The normalized spacial score (nSPS) is 16.8. The van der Waals surface area contributed by atoms with Crippen molar-refractivity contribution in [2.75, 3.05) is 16.8 Å². The molecule has 1 atom stereocenters. The summed E-state index contributed by atoms with van der Waals surface area (Å²) in [6.45, 7) is 6.41. The minimum absolute atomic E-state index is 0.190. The van der Waals surface area contributed by atoms with Gasteiger partial charge in [-0.2, -0.15) is 5.26 Å². The van der Waals surface area contributed by atoms with E-state index in [1.165, 1.54) is 16.8 Å². The second kappa shape index (κ2) is 4.82. The van der Waals surface area contributed by atoms with Crippen LogP contribution in [0.2, 0.25) is 0 Å². The molecule has 3 heteroatoms. The van der Waals surface area contributed by atoms with Gasteiger partial charge in [0.05, 0.1) is 16.9 Å². The van der Waals surface area contributed by atoms with E-state index in [2.05, 4.69) is 68.0 Å². The van der Waals surface area contributed by atoms with Gasteiger partial charge in [0.15, 0.2) is 0 Å². The molecular weight excluding hydrogens is 258 g/mol. The van der Waals surface area contributed by atoms with E-state index < -0.39 is 0 Å². The number of nitrogens with zero attached hydrogens (tertiary/aromatic N) is 3. The number of benzene rings is 2. The molecule has 0 spiro atoms. The number of nitriles is 1. The van der Waals surface area contributed by atoms with Crippen molar-refractivity contribution >= 4 is 17.1 Å². The van der Waals surface area contributed by atoms with Gasteiger partial charge in [-0.05, 0) is 50.1 Å². The minimum Gasteiger partial charge on any atom is -0.351 e. The molecule has 1 heterocycles. The average molecular weight is 277 g/mol. The van der Waals surface area contributed by atoms with Gasteiger partial charge in [-0.25, -0.2) is 0 Å². The van der Waals surface area contributed by atoms with Crippen LogP contribution in [0.4, 0.5) is 17.1 Å². The fourth-order valence-electron chi connectivity index (χ4n) is 3.06. The van der Waals surface area contributed by atoms with Crippen LogP contribution >= 0.6 is 0 Å². The first kappa shape index (κ1) is 13.5. The third-order valence-electron chi connectivity index (χ3n) is 4.31. The van der Waals surface area contributed by atoms with Crippen LogP contribution in [0, 0.1) is 25.2 Å². The summed E-state index contributed by atoms with van der Waals surface area (Å²) >= 11 is 0. The Kier molecular flexibility index (Phi) is 3.10. The quantitative estimate of drug-likeness (QED) is 0.786. The number of anilines is 3. The molecule has 21 heavy (non-hydrogen) atoms. The first-order valence-corrected chi connectivity index (χ1v) is 7.17. The van der Waals surface area contributed by atoms with Crippen molar-refractivity contribution < 1.29 is 0 Å². The zero-order chi connectivity index (χ0) is 15.1. The molecule has 0 bridgehead atoms. The molecule has 1 aliphatic rings. The lowest BCUT2D eigenvalue weighted by atomic mass is 10.1.